The molecule has 6 heteroatoms. The quantitative estimate of drug-likeness (QED) is 0.642. The van der Waals surface area contributed by atoms with Crippen LogP contribution in [0.4, 0.5) is 0 Å². The number of rotatable bonds is 7. The zero-order chi connectivity index (χ0) is 19.2. The van der Waals surface area contributed by atoms with E-state index in [0.717, 1.165) is 49.6 Å². The second-order valence-corrected chi connectivity index (χ2v) is 8.45. The minimum atomic E-state index is 0.135. The molecule has 3 aromatic rings. The summed E-state index contributed by atoms with van der Waals surface area (Å²) < 4.78 is 0. The van der Waals surface area contributed by atoms with Gasteiger partial charge in [-0.05, 0) is 48.9 Å². The molecule has 0 saturated carbocycles. The number of hydrogen-bond donors (Lipinski definition) is 2. The third kappa shape index (κ3) is 4.88. The standard InChI is InChI=1S/C22H26N4OS/c27-21(13-20-7-4-12-28-20)23-14-17-8-10-26(11-9-17)16-19-15-24-25-22(19)18-5-2-1-3-6-18/h1-7,12,15,17H,8-11,13-14,16H2,(H,23,27)(H,24,25). The molecule has 3 heterocycles. The van der Waals surface area contributed by atoms with Crippen molar-refractivity contribution in [2.75, 3.05) is 19.6 Å². The molecule has 1 amide bonds. The topological polar surface area (TPSA) is 61.0 Å². The molecule has 5 nitrogen and oxygen atoms in total. The molecule has 0 spiro atoms. The van der Waals surface area contributed by atoms with Crippen LogP contribution in [-0.4, -0.2) is 40.6 Å². The minimum absolute atomic E-state index is 0.135. The summed E-state index contributed by atoms with van der Waals surface area (Å²) in [5.74, 6) is 0.706. The zero-order valence-corrected chi connectivity index (χ0v) is 16.8. The largest absolute Gasteiger partial charge is 0.356 e. The first-order chi connectivity index (χ1) is 13.8. The maximum Gasteiger partial charge on any atom is 0.225 e. The van der Waals surface area contributed by atoms with Gasteiger partial charge in [-0.1, -0.05) is 36.4 Å². The SMILES string of the molecule is O=C(Cc1cccs1)NCC1CCN(Cc2cn[nH]c2-c2ccccc2)CC1. The van der Waals surface area contributed by atoms with Crippen molar-refractivity contribution in [3.8, 4) is 11.3 Å². The van der Waals surface area contributed by atoms with Gasteiger partial charge in [0.1, 0.15) is 0 Å². The van der Waals surface area contributed by atoms with Gasteiger partial charge in [0.15, 0.2) is 0 Å². The second kappa shape index (κ2) is 9.17. The molecule has 0 unspecified atom stereocenters. The molecule has 1 aromatic carbocycles. The number of hydrogen-bond acceptors (Lipinski definition) is 4. The van der Waals surface area contributed by atoms with E-state index < -0.39 is 0 Å². The lowest BCUT2D eigenvalue weighted by molar-refractivity contribution is -0.120. The fourth-order valence-electron chi connectivity index (χ4n) is 3.77. The molecule has 1 fully saturated rings. The van der Waals surface area contributed by atoms with Crippen LogP contribution in [0.15, 0.2) is 54.0 Å². The first-order valence-electron chi connectivity index (χ1n) is 9.87. The summed E-state index contributed by atoms with van der Waals surface area (Å²) in [6.07, 6.45) is 4.69. The van der Waals surface area contributed by atoms with Crippen LogP contribution in [0.5, 0.6) is 0 Å². The average molecular weight is 395 g/mol. The summed E-state index contributed by atoms with van der Waals surface area (Å²) in [7, 11) is 0. The molecule has 4 rings (SSSR count). The van der Waals surface area contributed by atoms with Crippen molar-refractivity contribution >= 4 is 17.2 Å². The van der Waals surface area contributed by atoms with Crippen molar-refractivity contribution in [3.63, 3.8) is 0 Å². The van der Waals surface area contributed by atoms with Crippen LogP contribution in [0, 0.1) is 5.92 Å². The maximum atomic E-state index is 12.1. The lowest BCUT2D eigenvalue weighted by Crippen LogP contribution is -2.38. The lowest BCUT2D eigenvalue weighted by Gasteiger charge is -2.32. The number of H-pyrrole nitrogens is 1. The third-order valence-electron chi connectivity index (χ3n) is 5.38. The predicted molar refractivity (Wildman–Crippen MR) is 113 cm³/mol. The molecule has 0 atom stereocenters. The smallest absolute Gasteiger partial charge is 0.225 e. The van der Waals surface area contributed by atoms with Crippen LogP contribution in [0.2, 0.25) is 0 Å². The summed E-state index contributed by atoms with van der Waals surface area (Å²) in [5.41, 5.74) is 3.54. The normalized spacial score (nSPS) is 15.6. The summed E-state index contributed by atoms with van der Waals surface area (Å²) >= 11 is 1.64. The minimum Gasteiger partial charge on any atom is -0.356 e. The van der Waals surface area contributed by atoms with E-state index in [9.17, 15) is 4.79 Å². The number of thiophene rings is 1. The Hall–Kier alpha value is -2.44. The van der Waals surface area contributed by atoms with E-state index >= 15 is 0 Å². The van der Waals surface area contributed by atoms with E-state index in [0.29, 0.717) is 12.3 Å². The van der Waals surface area contributed by atoms with Crippen molar-refractivity contribution in [1.29, 1.82) is 0 Å². The van der Waals surface area contributed by atoms with Crippen LogP contribution in [0.1, 0.15) is 23.3 Å². The van der Waals surface area contributed by atoms with Crippen LogP contribution >= 0.6 is 11.3 Å². The number of piperidine rings is 1. The molecule has 0 aliphatic carbocycles. The molecule has 1 saturated heterocycles. The van der Waals surface area contributed by atoms with Crippen molar-refractivity contribution < 1.29 is 4.79 Å². The van der Waals surface area contributed by atoms with Gasteiger partial charge in [-0.3, -0.25) is 14.8 Å². The number of aromatic nitrogens is 2. The van der Waals surface area contributed by atoms with Gasteiger partial charge in [0.05, 0.1) is 18.3 Å². The van der Waals surface area contributed by atoms with Gasteiger partial charge < -0.3 is 5.32 Å². The van der Waals surface area contributed by atoms with E-state index in [1.807, 2.05) is 29.8 Å². The van der Waals surface area contributed by atoms with Gasteiger partial charge in [-0.2, -0.15) is 5.10 Å². The van der Waals surface area contributed by atoms with Crippen molar-refractivity contribution in [3.05, 3.63) is 64.5 Å². The van der Waals surface area contributed by atoms with Crippen LogP contribution < -0.4 is 5.32 Å². The zero-order valence-electron chi connectivity index (χ0n) is 15.9. The molecule has 0 bridgehead atoms. The number of carbonyl (C=O) groups excluding carboxylic acids is 1. The summed E-state index contributed by atoms with van der Waals surface area (Å²) in [5, 5.41) is 12.5. The summed E-state index contributed by atoms with van der Waals surface area (Å²) in [4.78, 5) is 15.7. The first-order valence-corrected chi connectivity index (χ1v) is 10.7. The van der Waals surface area contributed by atoms with Gasteiger partial charge in [0.2, 0.25) is 5.91 Å². The van der Waals surface area contributed by atoms with Crippen LogP contribution in [0.25, 0.3) is 11.3 Å². The number of nitrogens with zero attached hydrogens (tertiary/aromatic N) is 2. The maximum absolute atomic E-state index is 12.1. The fourth-order valence-corrected chi connectivity index (χ4v) is 4.47. The Labute approximate surface area is 169 Å². The molecule has 146 valence electrons. The number of amides is 1. The molecule has 2 N–H and O–H groups in total. The van der Waals surface area contributed by atoms with Crippen molar-refractivity contribution in [2.24, 2.45) is 5.92 Å². The van der Waals surface area contributed by atoms with E-state index in [1.54, 1.807) is 11.3 Å². The highest BCUT2D eigenvalue weighted by atomic mass is 32.1. The molecule has 0 radical (unpaired) electrons. The highest BCUT2D eigenvalue weighted by Crippen LogP contribution is 2.24. The Bertz CT molecular complexity index is 867. The van der Waals surface area contributed by atoms with Gasteiger partial charge >= 0.3 is 0 Å². The second-order valence-electron chi connectivity index (χ2n) is 7.42. The van der Waals surface area contributed by atoms with E-state index in [1.165, 1.54) is 11.1 Å². The lowest BCUT2D eigenvalue weighted by atomic mass is 9.96. The van der Waals surface area contributed by atoms with Crippen molar-refractivity contribution in [1.82, 2.24) is 20.4 Å². The number of nitrogens with one attached hydrogen (secondary N) is 2. The Morgan fingerprint density at radius 3 is 2.75 bits per heavy atom. The highest BCUT2D eigenvalue weighted by Gasteiger charge is 2.21. The van der Waals surface area contributed by atoms with Gasteiger partial charge in [0, 0.05) is 23.5 Å². The fraction of sp³-hybridized carbons (Fsp3) is 0.364. The van der Waals surface area contributed by atoms with Crippen molar-refractivity contribution in [2.45, 2.75) is 25.8 Å². The third-order valence-corrected chi connectivity index (χ3v) is 6.26. The molecule has 1 aliphatic heterocycles. The Balaban J connectivity index is 1.23. The predicted octanol–water partition coefficient (Wildman–Crippen LogP) is 3.71. The van der Waals surface area contributed by atoms with E-state index in [4.69, 9.17) is 0 Å². The molecular weight excluding hydrogens is 368 g/mol. The van der Waals surface area contributed by atoms with Gasteiger partial charge in [0.25, 0.3) is 0 Å². The average Bonchev–Trinajstić information content (AvgIpc) is 3.40. The van der Waals surface area contributed by atoms with Crippen LogP contribution in [0.3, 0.4) is 0 Å². The van der Waals surface area contributed by atoms with Gasteiger partial charge in [-0.15, -0.1) is 11.3 Å². The number of benzene rings is 1. The molecule has 1 aliphatic rings. The van der Waals surface area contributed by atoms with Crippen LogP contribution in [-0.2, 0) is 17.8 Å². The summed E-state index contributed by atoms with van der Waals surface area (Å²) in [6, 6.07) is 14.4. The molecular formula is C22H26N4OS. The Kier molecular flexibility index (Phi) is 6.19. The summed E-state index contributed by atoms with van der Waals surface area (Å²) in [6.45, 7) is 3.83. The Morgan fingerprint density at radius 2 is 2.00 bits per heavy atom. The first kappa shape index (κ1) is 18.9. The highest BCUT2D eigenvalue weighted by molar-refractivity contribution is 7.10. The number of carbonyl (C=O) groups is 1. The number of likely N-dealkylation sites (tertiary alicyclic amines) is 1. The molecule has 2 aromatic heterocycles. The number of aromatic amines is 1. The monoisotopic (exact) mass is 394 g/mol. The van der Waals surface area contributed by atoms with Gasteiger partial charge in [-0.25, -0.2) is 0 Å². The van der Waals surface area contributed by atoms with E-state index in [2.05, 4.69) is 44.7 Å². The molecule has 28 heavy (non-hydrogen) atoms. The van der Waals surface area contributed by atoms with E-state index in [-0.39, 0.29) is 5.91 Å². The Morgan fingerprint density at radius 1 is 1.18 bits per heavy atom.